The summed E-state index contributed by atoms with van der Waals surface area (Å²) < 4.78 is 5.12. The molecule has 0 radical (unpaired) electrons. The van der Waals surface area contributed by atoms with Crippen molar-refractivity contribution >= 4 is 0 Å². The van der Waals surface area contributed by atoms with E-state index in [1.165, 1.54) is 19.4 Å². The normalized spacial score (nSPS) is 25.4. The maximum absolute atomic E-state index is 5.12. The molecule has 2 heteroatoms. The summed E-state index contributed by atoms with van der Waals surface area (Å²) in [7, 11) is 1.78. The van der Waals surface area contributed by atoms with E-state index >= 15 is 0 Å². The highest BCUT2D eigenvalue weighted by Crippen LogP contribution is 2.32. The fourth-order valence-electron chi connectivity index (χ4n) is 2.28. The van der Waals surface area contributed by atoms with Crippen LogP contribution in [-0.2, 0) is 4.74 Å². The summed E-state index contributed by atoms with van der Waals surface area (Å²) in [6.45, 7) is 10.2. The molecule has 0 saturated carbocycles. The van der Waals surface area contributed by atoms with E-state index in [9.17, 15) is 0 Å². The van der Waals surface area contributed by atoms with E-state index < -0.39 is 0 Å². The number of hydrogen-bond donors (Lipinski definition) is 0. The van der Waals surface area contributed by atoms with E-state index in [4.69, 9.17) is 4.74 Å². The largest absolute Gasteiger partial charge is 0.383 e. The molecule has 2 nitrogen and oxygen atoms in total. The van der Waals surface area contributed by atoms with E-state index in [2.05, 4.69) is 25.7 Å². The van der Waals surface area contributed by atoms with Gasteiger partial charge in [-0.05, 0) is 24.8 Å². The zero-order valence-electron chi connectivity index (χ0n) is 9.47. The lowest BCUT2D eigenvalue weighted by molar-refractivity contribution is 0.0976. The van der Waals surface area contributed by atoms with Crippen LogP contribution in [0.3, 0.4) is 0 Å². The Balaban J connectivity index is 2.44. The number of rotatable bonds is 3. The van der Waals surface area contributed by atoms with E-state index in [0.717, 1.165) is 19.2 Å². The van der Waals surface area contributed by atoms with E-state index in [-0.39, 0.29) is 0 Å². The first kappa shape index (κ1) is 11.0. The Morgan fingerprint density at radius 3 is 2.62 bits per heavy atom. The number of likely N-dealkylation sites (tertiary alicyclic amines) is 1. The van der Waals surface area contributed by atoms with Crippen LogP contribution in [0.5, 0.6) is 0 Å². The fourth-order valence-corrected chi connectivity index (χ4v) is 2.28. The summed E-state index contributed by atoms with van der Waals surface area (Å²) in [6, 6.07) is 0.752. The molecule has 1 rings (SSSR count). The third-order valence-corrected chi connectivity index (χ3v) is 2.95. The van der Waals surface area contributed by atoms with Gasteiger partial charge in [0, 0.05) is 19.7 Å². The Morgan fingerprint density at radius 2 is 2.08 bits per heavy atom. The summed E-state index contributed by atoms with van der Waals surface area (Å²) in [4.78, 5) is 2.57. The van der Waals surface area contributed by atoms with Gasteiger partial charge in [-0.2, -0.15) is 0 Å². The van der Waals surface area contributed by atoms with Crippen LogP contribution in [0, 0.1) is 5.41 Å². The minimum atomic E-state index is 0.421. The predicted molar refractivity (Wildman–Crippen MR) is 55.9 cm³/mol. The Bertz CT molecular complexity index is 151. The Hall–Kier alpha value is -0.0800. The second-order valence-corrected chi connectivity index (χ2v) is 5.05. The van der Waals surface area contributed by atoms with Crippen LogP contribution < -0.4 is 0 Å². The van der Waals surface area contributed by atoms with E-state index in [1.54, 1.807) is 7.11 Å². The second-order valence-electron chi connectivity index (χ2n) is 5.05. The van der Waals surface area contributed by atoms with Crippen molar-refractivity contribution < 1.29 is 4.74 Å². The topological polar surface area (TPSA) is 12.5 Å². The highest BCUT2D eigenvalue weighted by molar-refractivity contribution is 4.87. The fraction of sp³-hybridized carbons (Fsp3) is 1.00. The molecule has 1 unspecified atom stereocenters. The lowest BCUT2D eigenvalue weighted by atomic mass is 9.85. The molecule has 0 aromatic heterocycles. The van der Waals surface area contributed by atoms with E-state index in [1.807, 2.05) is 0 Å². The van der Waals surface area contributed by atoms with Gasteiger partial charge in [0.25, 0.3) is 0 Å². The molecule has 78 valence electrons. The van der Waals surface area contributed by atoms with Gasteiger partial charge < -0.3 is 4.74 Å². The van der Waals surface area contributed by atoms with Gasteiger partial charge in [-0.15, -0.1) is 0 Å². The lowest BCUT2D eigenvalue weighted by Gasteiger charge is -2.34. The smallest absolute Gasteiger partial charge is 0.0589 e. The molecule has 1 aliphatic rings. The number of methoxy groups -OCH3 is 1. The highest BCUT2D eigenvalue weighted by atomic mass is 16.5. The van der Waals surface area contributed by atoms with Crippen LogP contribution in [-0.4, -0.2) is 37.7 Å². The number of nitrogens with zero attached hydrogens (tertiary/aromatic N) is 1. The summed E-state index contributed by atoms with van der Waals surface area (Å²) >= 11 is 0. The Labute approximate surface area is 82.3 Å². The second kappa shape index (κ2) is 4.43. The molecule has 1 atom stereocenters. The molecule has 0 N–H and O–H groups in total. The van der Waals surface area contributed by atoms with Crippen LogP contribution in [0.1, 0.15) is 33.6 Å². The molecule has 1 aliphatic heterocycles. The molecule has 0 aromatic carbocycles. The van der Waals surface area contributed by atoms with Crippen LogP contribution in [0.25, 0.3) is 0 Å². The van der Waals surface area contributed by atoms with Gasteiger partial charge in [-0.1, -0.05) is 20.8 Å². The van der Waals surface area contributed by atoms with Gasteiger partial charge in [0.15, 0.2) is 0 Å². The standard InChI is InChI=1S/C11H23NO/c1-11(2,3)10-6-5-7-12(10)8-9-13-4/h10H,5-9H2,1-4H3. The zero-order valence-corrected chi connectivity index (χ0v) is 9.47. The third kappa shape index (κ3) is 2.96. The van der Waals surface area contributed by atoms with Gasteiger partial charge in [0.05, 0.1) is 6.61 Å². The summed E-state index contributed by atoms with van der Waals surface area (Å²) in [5.74, 6) is 0. The number of hydrogen-bond acceptors (Lipinski definition) is 2. The van der Waals surface area contributed by atoms with Crippen molar-refractivity contribution in [3.63, 3.8) is 0 Å². The van der Waals surface area contributed by atoms with Crippen LogP contribution >= 0.6 is 0 Å². The molecule has 1 fully saturated rings. The third-order valence-electron chi connectivity index (χ3n) is 2.95. The molecule has 13 heavy (non-hydrogen) atoms. The molecule has 0 aromatic rings. The molecule has 0 spiro atoms. The van der Waals surface area contributed by atoms with Gasteiger partial charge in [-0.25, -0.2) is 0 Å². The maximum atomic E-state index is 5.12. The maximum Gasteiger partial charge on any atom is 0.0589 e. The van der Waals surface area contributed by atoms with Crippen molar-refractivity contribution in [1.82, 2.24) is 4.90 Å². The Morgan fingerprint density at radius 1 is 1.38 bits per heavy atom. The predicted octanol–water partition coefficient (Wildman–Crippen LogP) is 2.14. The molecule has 0 bridgehead atoms. The SMILES string of the molecule is COCCN1CCCC1C(C)(C)C. The summed E-state index contributed by atoms with van der Waals surface area (Å²) in [6.07, 6.45) is 2.71. The average molecular weight is 185 g/mol. The molecular weight excluding hydrogens is 162 g/mol. The molecule has 0 aliphatic carbocycles. The monoisotopic (exact) mass is 185 g/mol. The van der Waals surface area contributed by atoms with Gasteiger partial charge in [-0.3, -0.25) is 4.90 Å². The van der Waals surface area contributed by atoms with Crippen molar-refractivity contribution in [1.29, 1.82) is 0 Å². The van der Waals surface area contributed by atoms with Crippen molar-refractivity contribution in [2.75, 3.05) is 26.8 Å². The summed E-state index contributed by atoms with van der Waals surface area (Å²) in [5.41, 5.74) is 0.421. The minimum Gasteiger partial charge on any atom is -0.383 e. The van der Waals surface area contributed by atoms with Gasteiger partial charge >= 0.3 is 0 Å². The number of ether oxygens (including phenoxy) is 1. The quantitative estimate of drug-likeness (QED) is 0.668. The lowest BCUT2D eigenvalue weighted by Crippen LogP contribution is -2.40. The summed E-state index contributed by atoms with van der Waals surface area (Å²) in [5, 5.41) is 0. The minimum absolute atomic E-state index is 0.421. The first-order valence-electron chi connectivity index (χ1n) is 5.28. The van der Waals surface area contributed by atoms with Crippen molar-refractivity contribution in [3.8, 4) is 0 Å². The Kier molecular flexibility index (Phi) is 3.74. The van der Waals surface area contributed by atoms with Crippen molar-refractivity contribution in [3.05, 3.63) is 0 Å². The first-order chi connectivity index (χ1) is 6.05. The average Bonchev–Trinajstić information content (AvgIpc) is 2.47. The van der Waals surface area contributed by atoms with Crippen LogP contribution in [0.4, 0.5) is 0 Å². The molecule has 0 amide bonds. The van der Waals surface area contributed by atoms with Gasteiger partial charge in [0.2, 0.25) is 0 Å². The first-order valence-corrected chi connectivity index (χ1v) is 5.28. The molecule has 1 heterocycles. The zero-order chi connectivity index (χ0) is 9.90. The van der Waals surface area contributed by atoms with Gasteiger partial charge in [0.1, 0.15) is 0 Å². The molecule has 1 saturated heterocycles. The van der Waals surface area contributed by atoms with E-state index in [0.29, 0.717) is 5.41 Å². The molecular formula is C11H23NO. The highest BCUT2D eigenvalue weighted by Gasteiger charge is 2.33. The van der Waals surface area contributed by atoms with Crippen molar-refractivity contribution in [2.24, 2.45) is 5.41 Å². The van der Waals surface area contributed by atoms with Crippen molar-refractivity contribution in [2.45, 2.75) is 39.7 Å². The van der Waals surface area contributed by atoms with Crippen LogP contribution in [0.2, 0.25) is 0 Å². The van der Waals surface area contributed by atoms with Crippen LogP contribution in [0.15, 0.2) is 0 Å².